The van der Waals surface area contributed by atoms with Crippen molar-refractivity contribution in [1.29, 1.82) is 0 Å². The molecule has 1 aromatic heterocycles. The Morgan fingerprint density at radius 2 is 1.54 bits per heavy atom. The predicted molar refractivity (Wildman–Crippen MR) is 94.3 cm³/mol. The Morgan fingerprint density at radius 1 is 0.917 bits per heavy atom. The van der Waals surface area contributed by atoms with Gasteiger partial charge in [0.25, 0.3) is 11.5 Å². The molecule has 0 fully saturated rings. The largest absolute Gasteiger partial charge is 0.337 e. The lowest BCUT2D eigenvalue weighted by molar-refractivity contribution is 0.0784. The van der Waals surface area contributed by atoms with E-state index in [9.17, 15) is 9.59 Å². The summed E-state index contributed by atoms with van der Waals surface area (Å²) in [7, 11) is 1.76. The Kier molecular flexibility index (Phi) is 4.57. The Morgan fingerprint density at radius 3 is 2.21 bits per heavy atom. The van der Waals surface area contributed by atoms with Gasteiger partial charge >= 0.3 is 0 Å². The van der Waals surface area contributed by atoms with Crippen LogP contribution in [0.15, 0.2) is 83.8 Å². The van der Waals surface area contributed by atoms with Gasteiger partial charge in [-0.25, -0.2) is 0 Å². The van der Waals surface area contributed by atoms with Crippen LogP contribution in [0, 0.1) is 0 Å². The third kappa shape index (κ3) is 3.43. The van der Waals surface area contributed by atoms with Crippen molar-refractivity contribution in [3.8, 4) is 5.69 Å². The molecule has 2 aromatic carbocycles. The molecule has 0 aliphatic heterocycles. The van der Waals surface area contributed by atoms with Crippen LogP contribution in [-0.4, -0.2) is 22.4 Å². The van der Waals surface area contributed by atoms with Gasteiger partial charge in [-0.2, -0.15) is 0 Å². The average Bonchev–Trinajstić information content (AvgIpc) is 2.63. The monoisotopic (exact) mass is 318 g/mol. The summed E-state index contributed by atoms with van der Waals surface area (Å²) in [6, 6.07) is 22.1. The highest BCUT2D eigenvalue weighted by atomic mass is 16.2. The minimum absolute atomic E-state index is 0.122. The van der Waals surface area contributed by atoms with Gasteiger partial charge in [0.1, 0.15) is 0 Å². The van der Waals surface area contributed by atoms with Gasteiger partial charge in [-0.15, -0.1) is 0 Å². The van der Waals surface area contributed by atoms with Crippen LogP contribution in [-0.2, 0) is 6.54 Å². The van der Waals surface area contributed by atoms with Crippen LogP contribution in [0.4, 0.5) is 0 Å². The Balaban J connectivity index is 1.87. The van der Waals surface area contributed by atoms with E-state index in [1.165, 1.54) is 10.6 Å². The van der Waals surface area contributed by atoms with Crippen LogP contribution >= 0.6 is 0 Å². The highest BCUT2D eigenvalue weighted by molar-refractivity contribution is 5.93. The Hall–Kier alpha value is -3.14. The molecule has 0 spiro atoms. The zero-order chi connectivity index (χ0) is 16.9. The summed E-state index contributed by atoms with van der Waals surface area (Å²) < 4.78 is 1.49. The first kappa shape index (κ1) is 15.7. The molecule has 0 saturated carbocycles. The zero-order valence-corrected chi connectivity index (χ0v) is 13.4. The minimum Gasteiger partial charge on any atom is -0.337 e. The molecule has 3 aromatic rings. The van der Waals surface area contributed by atoms with Crippen molar-refractivity contribution >= 4 is 5.91 Å². The van der Waals surface area contributed by atoms with Crippen LogP contribution in [0.2, 0.25) is 0 Å². The predicted octanol–water partition coefficient (Wildman–Crippen LogP) is 3.11. The first-order valence-corrected chi connectivity index (χ1v) is 7.72. The molecular formula is C20H18N2O2. The molecule has 0 saturated heterocycles. The molecule has 0 bridgehead atoms. The number of amides is 1. The van der Waals surface area contributed by atoms with Crippen molar-refractivity contribution in [3.05, 3.63) is 100 Å². The van der Waals surface area contributed by atoms with Crippen LogP contribution in [0.1, 0.15) is 15.9 Å². The van der Waals surface area contributed by atoms with Gasteiger partial charge in [0.2, 0.25) is 0 Å². The van der Waals surface area contributed by atoms with Crippen LogP contribution in [0.25, 0.3) is 5.69 Å². The number of carbonyl (C=O) groups excluding carboxylic acids is 1. The standard InChI is InChI=1S/C20H18N2O2/c1-21(14-16-8-4-2-5-9-16)20(24)17-12-13-19(23)22(15-17)18-10-6-3-7-11-18/h2-13,15H,14H2,1H3. The lowest BCUT2D eigenvalue weighted by Crippen LogP contribution is -2.28. The third-order valence-corrected chi connectivity index (χ3v) is 3.80. The average molecular weight is 318 g/mol. The van der Waals surface area contributed by atoms with Gasteiger partial charge in [0, 0.05) is 31.5 Å². The van der Waals surface area contributed by atoms with E-state index in [1.807, 2.05) is 60.7 Å². The molecule has 1 heterocycles. The number of hydrogen-bond donors (Lipinski definition) is 0. The summed E-state index contributed by atoms with van der Waals surface area (Å²) in [6.45, 7) is 0.518. The molecule has 24 heavy (non-hydrogen) atoms. The van der Waals surface area contributed by atoms with Crippen LogP contribution in [0.3, 0.4) is 0 Å². The van der Waals surface area contributed by atoms with E-state index in [1.54, 1.807) is 24.2 Å². The van der Waals surface area contributed by atoms with Crippen LogP contribution < -0.4 is 5.56 Å². The zero-order valence-electron chi connectivity index (χ0n) is 13.4. The van der Waals surface area contributed by atoms with Gasteiger partial charge in [-0.05, 0) is 23.8 Å². The van der Waals surface area contributed by atoms with Crippen molar-refractivity contribution in [3.63, 3.8) is 0 Å². The van der Waals surface area contributed by atoms with Gasteiger partial charge in [-0.3, -0.25) is 14.2 Å². The molecule has 0 aliphatic rings. The summed E-state index contributed by atoms with van der Waals surface area (Å²) >= 11 is 0. The molecule has 0 unspecified atom stereocenters. The molecule has 0 N–H and O–H groups in total. The maximum Gasteiger partial charge on any atom is 0.255 e. The molecule has 120 valence electrons. The SMILES string of the molecule is CN(Cc1ccccc1)C(=O)c1ccc(=O)n(-c2ccccc2)c1. The Bertz CT molecular complexity index is 886. The fraction of sp³-hybridized carbons (Fsp3) is 0.100. The molecule has 1 amide bonds. The van der Waals surface area contributed by atoms with E-state index >= 15 is 0 Å². The first-order valence-electron chi connectivity index (χ1n) is 7.72. The van der Waals surface area contributed by atoms with Crippen molar-refractivity contribution in [2.45, 2.75) is 6.54 Å². The highest BCUT2D eigenvalue weighted by Crippen LogP contribution is 2.10. The number of pyridine rings is 1. The number of para-hydroxylation sites is 1. The fourth-order valence-electron chi connectivity index (χ4n) is 2.55. The second-order valence-corrected chi connectivity index (χ2v) is 5.61. The number of rotatable bonds is 4. The van der Waals surface area contributed by atoms with E-state index in [-0.39, 0.29) is 11.5 Å². The number of benzene rings is 2. The van der Waals surface area contributed by atoms with Gasteiger partial charge in [0.15, 0.2) is 0 Å². The van der Waals surface area contributed by atoms with Crippen LogP contribution in [0.5, 0.6) is 0 Å². The number of nitrogens with zero attached hydrogens (tertiary/aromatic N) is 2. The van der Waals surface area contributed by atoms with Gasteiger partial charge < -0.3 is 4.90 Å². The van der Waals surface area contributed by atoms with Gasteiger partial charge in [-0.1, -0.05) is 48.5 Å². The van der Waals surface area contributed by atoms with Crippen molar-refractivity contribution in [2.24, 2.45) is 0 Å². The van der Waals surface area contributed by atoms with E-state index < -0.39 is 0 Å². The molecule has 3 rings (SSSR count). The molecule has 0 aliphatic carbocycles. The van der Waals surface area contributed by atoms with E-state index in [0.29, 0.717) is 12.1 Å². The summed E-state index contributed by atoms with van der Waals surface area (Å²) in [5.74, 6) is -0.122. The smallest absolute Gasteiger partial charge is 0.255 e. The van der Waals surface area contributed by atoms with E-state index in [0.717, 1.165) is 11.3 Å². The number of carbonyl (C=O) groups is 1. The summed E-state index contributed by atoms with van der Waals surface area (Å²) in [6.07, 6.45) is 1.60. The fourth-order valence-corrected chi connectivity index (χ4v) is 2.55. The lowest BCUT2D eigenvalue weighted by Gasteiger charge is -2.18. The molecular weight excluding hydrogens is 300 g/mol. The maximum atomic E-state index is 12.7. The second-order valence-electron chi connectivity index (χ2n) is 5.61. The number of hydrogen-bond acceptors (Lipinski definition) is 2. The third-order valence-electron chi connectivity index (χ3n) is 3.80. The molecule has 0 radical (unpaired) electrons. The maximum absolute atomic E-state index is 12.7. The van der Waals surface area contributed by atoms with Crippen molar-refractivity contribution < 1.29 is 4.79 Å². The van der Waals surface area contributed by atoms with E-state index in [4.69, 9.17) is 0 Å². The number of aromatic nitrogens is 1. The van der Waals surface area contributed by atoms with Crippen molar-refractivity contribution in [1.82, 2.24) is 9.47 Å². The van der Waals surface area contributed by atoms with Gasteiger partial charge in [0.05, 0.1) is 5.56 Å². The topological polar surface area (TPSA) is 42.3 Å². The Labute approximate surface area is 140 Å². The molecule has 4 heteroatoms. The minimum atomic E-state index is -0.163. The quantitative estimate of drug-likeness (QED) is 0.742. The summed E-state index contributed by atoms with van der Waals surface area (Å²) in [4.78, 5) is 26.4. The highest BCUT2D eigenvalue weighted by Gasteiger charge is 2.13. The van der Waals surface area contributed by atoms with E-state index in [2.05, 4.69) is 0 Å². The summed E-state index contributed by atoms with van der Waals surface area (Å²) in [5.41, 5.74) is 2.12. The van der Waals surface area contributed by atoms with Crippen molar-refractivity contribution in [2.75, 3.05) is 7.05 Å². The molecule has 0 atom stereocenters. The molecule has 4 nitrogen and oxygen atoms in total. The summed E-state index contributed by atoms with van der Waals surface area (Å²) in [5, 5.41) is 0. The lowest BCUT2D eigenvalue weighted by atomic mass is 10.2. The normalized spacial score (nSPS) is 10.4. The first-order chi connectivity index (χ1) is 11.6. The second kappa shape index (κ2) is 6.96.